The number of allylic oxidation sites excluding steroid dienone is 2. The van der Waals surface area contributed by atoms with E-state index in [1.54, 1.807) is 13.0 Å². The molecule has 100 valence electrons. The lowest BCUT2D eigenvalue weighted by Crippen LogP contribution is -3.09. The van der Waals surface area contributed by atoms with Crippen LogP contribution < -0.4 is 4.90 Å². The minimum absolute atomic E-state index is 0.0840. The van der Waals surface area contributed by atoms with Gasteiger partial charge in [0.15, 0.2) is 5.78 Å². The molecule has 0 aromatic rings. The lowest BCUT2D eigenvalue weighted by atomic mass is 10.2. The van der Waals surface area contributed by atoms with E-state index in [0.29, 0.717) is 0 Å². The van der Waals surface area contributed by atoms with Gasteiger partial charge in [0.1, 0.15) is 18.7 Å². The van der Waals surface area contributed by atoms with Crippen LogP contribution in [-0.4, -0.2) is 44.7 Å². The van der Waals surface area contributed by atoms with Crippen molar-refractivity contribution in [2.75, 3.05) is 32.9 Å². The number of nitrogens with one attached hydrogen (secondary N) is 1. The van der Waals surface area contributed by atoms with Crippen LogP contribution in [0.3, 0.4) is 0 Å². The number of hydrogen-bond donors (Lipinski definition) is 1. The van der Waals surface area contributed by atoms with Crippen LogP contribution in [0.5, 0.6) is 0 Å². The second-order valence-corrected chi connectivity index (χ2v) is 3.99. The molecule has 1 aliphatic heterocycles. The lowest BCUT2D eigenvalue weighted by molar-refractivity contribution is -0.856. The molecule has 0 radical (unpaired) electrons. The minimum atomic E-state index is -0.563. The predicted octanol–water partition coefficient (Wildman–Crippen LogP) is -0.506. The Kier molecular flexibility index (Phi) is 6.32. The molecule has 1 rings (SSSR count). The SMILES string of the molecule is CCOC(=O)/C(=C/C=C/[NH+]1CCOCC1)C(C)=O. The number of hydrogen-bond acceptors (Lipinski definition) is 4. The van der Waals surface area contributed by atoms with Gasteiger partial charge in [0.05, 0.1) is 26.0 Å². The summed E-state index contributed by atoms with van der Waals surface area (Å²) in [6, 6.07) is 0. The molecule has 0 aromatic carbocycles. The Labute approximate surface area is 107 Å². The van der Waals surface area contributed by atoms with Crippen LogP contribution in [0.1, 0.15) is 13.8 Å². The molecule has 5 heteroatoms. The summed E-state index contributed by atoms with van der Waals surface area (Å²) in [4.78, 5) is 24.1. The summed E-state index contributed by atoms with van der Waals surface area (Å²) < 4.78 is 10.1. The van der Waals surface area contributed by atoms with Crippen molar-refractivity contribution in [1.82, 2.24) is 0 Å². The quantitative estimate of drug-likeness (QED) is 0.236. The molecule has 1 N–H and O–H groups in total. The molecule has 0 saturated carbocycles. The first kappa shape index (κ1) is 14.6. The van der Waals surface area contributed by atoms with Crippen molar-refractivity contribution in [2.45, 2.75) is 13.8 Å². The van der Waals surface area contributed by atoms with E-state index >= 15 is 0 Å². The Morgan fingerprint density at radius 2 is 2.00 bits per heavy atom. The third-order valence-electron chi connectivity index (χ3n) is 2.60. The lowest BCUT2D eigenvalue weighted by Gasteiger charge is -2.19. The van der Waals surface area contributed by atoms with Crippen LogP contribution in [0.15, 0.2) is 23.9 Å². The molecular weight excluding hydrogens is 234 g/mol. The number of esters is 1. The molecule has 0 spiro atoms. The molecule has 18 heavy (non-hydrogen) atoms. The van der Waals surface area contributed by atoms with E-state index in [2.05, 4.69) is 0 Å². The monoisotopic (exact) mass is 254 g/mol. The van der Waals surface area contributed by atoms with Gasteiger partial charge in [0.25, 0.3) is 0 Å². The molecule has 0 bridgehead atoms. The van der Waals surface area contributed by atoms with Gasteiger partial charge in [-0.2, -0.15) is 0 Å². The first-order chi connectivity index (χ1) is 8.65. The van der Waals surface area contributed by atoms with E-state index in [0.717, 1.165) is 26.3 Å². The van der Waals surface area contributed by atoms with E-state index in [4.69, 9.17) is 9.47 Å². The smallest absolute Gasteiger partial charge is 0.341 e. The summed E-state index contributed by atoms with van der Waals surface area (Å²) in [5, 5.41) is 0. The van der Waals surface area contributed by atoms with E-state index in [9.17, 15) is 9.59 Å². The Morgan fingerprint density at radius 3 is 2.56 bits per heavy atom. The van der Waals surface area contributed by atoms with Gasteiger partial charge in [-0.05, 0) is 26.0 Å². The molecule has 5 nitrogen and oxygen atoms in total. The number of ketones is 1. The van der Waals surface area contributed by atoms with Crippen LogP contribution in [0.25, 0.3) is 0 Å². The standard InChI is InChI=1S/C13H19NO4/c1-3-18-13(16)12(11(2)15)5-4-6-14-7-9-17-10-8-14/h4-6H,3,7-10H2,1-2H3/p+1/b6-4+,12-5+. The second-order valence-electron chi connectivity index (χ2n) is 3.99. The van der Waals surface area contributed by atoms with Crippen molar-refractivity contribution in [1.29, 1.82) is 0 Å². The molecule has 0 atom stereocenters. The molecule has 0 unspecified atom stereocenters. The highest BCUT2D eigenvalue weighted by Crippen LogP contribution is 2.00. The van der Waals surface area contributed by atoms with Gasteiger partial charge in [-0.25, -0.2) is 4.79 Å². The number of rotatable bonds is 5. The largest absolute Gasteiger partial charge is 0.462 e. The molecular formula is C13H20NO4+. The number of carbonyl (C=O) groups excluding carboxylic acids is 2. The molecule has 1 fully saturated rings. The molecule has 0 aromatic heterocycles. The average molecular weight is 254 g/mol. The molecule has 1 aliphatic rings. The van der Waals surface area contributed by atoms with Crippen molar-refractivity contribution in [2.24, 2.45) is 0 Å². The summed E-state index contributed by atoms with van der Waals surface area (Å²) in [7, 11) is 0. The van der Waals surface area contributed by atoms with Gasteiger partial charge < -0.3 is 14.4 Å². The first-order valence-corrected chi connectivity index (χ1v) is 6.14. The highest BCUT2D eigenvalue weighted by molar-refractivity contribution is 6.16. The van der Waals surface area contributed by atoms with Crippen LogP contribution in [0, 0.1) is 0 Å². The van der Waals surface area contributed by atoms with Crippen molar-refractivity contribution in [3.8, 4) is 0 Å². The summed E-state index contributed by atoms with van der Waals surface area (Å²) in [5.41, 5.74) is 0.0840. The number of quaternary nitrogens is 1. The average Bonchev–Trinajstić information content (AvgIpc) is 2.35. The van der Waals surface area contributed by atoms with Gasteiger partial charge in [0, 0.05) is 0 Å². The third kappa shape index (κ3) is 4.81. The van der Waals surface area contributed by atoms with Crippen molar-refractivity contribution in [3.63, 3.8) is 0 Å². The summed E-state index contributed by atoms with van der Waals surface area (Å²) in [6.07, 6.45) is 5.18. The van der Waals surface area contributed by atoms with Crippen LogP contribution >= 0.6 is 0 Å². The van der Waals surface area contributed by atoms with Crippen molar-refractivity contribution < 1.29 is 24.0 Å². The number of carbonyl (C=O) groups is 2. The minimum Gasteiger partial charge on any atom is -0.462 e. The molecule has 0 amide bonds. The maximum Gasteiger partial charge on any atom is 0.341 e. The Bertz CT molecular complexity index is 354. The van der Waals surface area contributed by atoms with Crippen molar-refractivity contribution >= 4 is 11.8 Å². The zero-order valence-electron chi connectivity index (χ0n) is 10.9. The van der Waals surface area contributed by atoms with E-state index in [-0.39, 0.29) is 18.0 Å². The highest BCUT2D eigenvalue weighted by atomic mass is 16.5. The Morgan fingerprint density at radius 1 is 1.33 bits per heavy atom. The van der Waals surface area contributed by atoms with Gasteiger partial charge in [0.2, 0.25) is 0 Å². The molecule has 0 aliphatic carbocycles. The fourth-order valence-corrected chi connectivity index (χ4v) is 1.62. The van der Waals surface area contributed by atoms with Crippen LogP contribution in [0.4, 0.5) is 0 Å². The highest BCUT2D eigenvalue weighted by Gasteiger charge is 2.15. The maximum absolute atomic E-state index is 11.5. The van der Waals surface area contributed by atoms with E-state index in [1.165, 1.54) is 17.9 Å². The summed E-state index contributed by atoms with van der Waals surface area (Å²) in [5.74, 6) is -0.846. The van der Waals surface area contributed by atoms with E-state index < -0.39 is 5.97 Å². The molecule has 1 saturated heterocycles. The molecule has 1 heterocycles. The first-order valence-electron chi connectivity index (χ1n) is 6.14. The third-order valence-corrected chi connectivity index (χ3v) is 2.60. The number of morpholine rings is 1. The van der Waals surface area contributed by atoms with Crippen molar-refractivity contribution in [3.05, 3.63) is 23.9 Å². The van der Waals surface area contributed by atoms with E-state index in [1.807, 2.05) is 6.20 Å². The predicted molar refractivity (Wildman–Crippen MR) is 66.1 cm³/mol. The Hall–Kier alpha value is -1.46. The zero-order chi connectivity index (χ0) is 13.4. The normalized spacial score (nSPS) is 18.0. The summed E-state index contributed by atoms with van der Waals surface area (Å²) in [6.45, 7) is 6.61. The maximum atomic E-state index is 11.5. The fraction of sp³-hybridized carbons (Fsp3) is 0.538. The second kappa shape index (κ2) is 7.79. The fourth-order valence-electron chi connectivity index (χ4n) is 1.62. The Balaban J connectivity index is 2.61. The number of ether oxygens (including phenoxy) is 2. The topological polar surface area (TPSA) is 57.0 Å². The van der Waals surface area contributed by atoms with Gasteiger partial charge in [-0.3, -0.25) is 4.79 Å². The van der Waals surface area contributed by atoms with Crippen LogP contribution in [-0.2, 0) is 19.1 Å². The van der Waals surface area contributed by atoms with Crippen LogP contribution in [0.2, 0.25) is 0 Å². The van der Waals surface area contributed by atoms with Gasteiger partial charge in [-0.1, -0.05) is 0 Å². The summed E-state index contributed by atoms with van der Waals surface area (Å²) >= 11 is 0. The number of Topliss-reactive ketones (excluding diaryl/α,β-unsaturated/α-hetero) is 1. The van der Waals surface area contributed by atoms with Gasteiger partial charge >= 0.3 is 5.97 Å². The van der Waals surface area contributed by atoms with Gasteiger partial charge in [-0.15, -0.1) is 0 Å². The zero-order valence-corrected chi connectivity index (χ0v) is 10.9.